The van der Waals surface area contributed by atoms with E-state index in [0.717, 1.165) is 16.6 Å². The Bertz CT molecular complexity index is 1270. The minimum atomic E-state index is -0.326. The molecule has 0 saturated carbocycles. The molecule has 0 fully saturated rings. The molecule has 0 spiro atoms. The Kier molecular flexibility index (Phi) is 6.86. The monoisotopic (exact) mass is 477 g/mol. The van der Waals surface area contributed by atoms with E-state index in [2.05, 4.69) is 22.5 Å². The molecule has 0 saturated heterocycles. The van der Waals surface area contributed by atoms with Crippen LogP contribution in [-0.4, -0.2) is 27.2 Å². The van der Waals surface area contributed by atoms with Crippen LogP contribution in [0.15, 0.2) is 66.7 Å². The van der Waals surface area contributed by atoms with Crippen molar-refractivity contribution >= 4 is 50.5 Å². The Morgan fingerprint density at radius 3 is 2.64 bits per heavy atom. The van der Waals surface area contributed by atoms with Gasteiger partial charge in [0.2, 0.25) is 0 Å². The number of anilines is 1. The lowest BCUT2D eigenvalue weighted by Crippen LogP contribution is -2.34. The number of hydrogen-bond acceptors (Lipinski definition) is 6. The zero-order valence-corrected chi connectivity index (χ0v) is 19.8. The van der Waals surface area contributed by atoms with Crippen LogP contribution in [0.5, 0.6) is 11.5 Å². The van der Waals surface area contributed by atoms with Gasteiger partial charge in [-0.1, -0.05) is 19.1 Å². The van der Waals surface area contributed by atoms with Crippen LogP contribution in [-0.2, 0) is 0 Å². The largest absolute Gasteiger partial charge is 0.507 e. The number of nitrogens with zero attached hydrogens (tertiary/aromatic N) is 1. The van der Waals surface area contributed by atoms with Gasteiger partial charge < -0.3 is 15.2 Å². The molecule has 3 N–H and O–H groups in total. The first-order valence-electron chi connectivity index (χ1n) is 10.5. The second-order valence-electron chi connectivity index (χ2n) is 7.49. The molecular weight excluding hydrogens is 454 g/mol. The van der Waals surface area contributed by atoms with E-state index in [9.17, 15) is 9.90 Å². The number of phenolic OH excluding ortho intramolecular Hbond substituents is 1. The van der Waals surface area contributed by atoms with Crippen molar-refractivity contribution in [1.82, 2.24) is 10.3 Å². The highest BCUT2D eigenvalue weighted by Gasteiger charge is 2.13. The van der Waals surface area contributed by atoms with Crippen LogP contribution < -0.4 is 15.4 Å². The summed E-state index contributed by atoms with van der Waals surface area (Å²) in [5.74, 6) is 0.509. The van der Waals surface area contributed by atoms with Gasteiger partial charge in [-0.25, -0.2) is 4.98 Å². The van der Waals surface area contributed by atoms with Crippen LogP contribution in [0.3, 0.4) is 0 Å². The fourth-order valence-corrected chi connectivity index (χ4v) is 4.31. The Morgan fingerprint density at radius 1 is 1.15 bits per heavy atom. The third-order valence-corrected chi connectivity index (χ3v) is 6.31. The number of carbonyl (C=O) groups excluding carboxylic acids is 1. The molecule has 8 heteroatoms. The molecule has 3 aromatic carbocycles. The summed E-state index contributed by atoms with van der Waals surface area (Å²) in [5.41, 5.74) is 2.56. The summed E-state index contributed by atoms with van der Waals surface area (Å²) in [6, 6.07) is 19.7. The van der Waals surface area contributed by atoms with E-state index in [4.69, 9.17) is 17.0 Å². The number of carbonyl (C=O) groups is 1. The topological polar surface area (TPSA) is 83.5 Å². The van der Waals surface area contributed by atoms with E-state index in [1.165, 1.54) is 11.3 Å². The quantitative estimate of drug-likeness (QED) is 0.234. The van der Waals surface area contributed by atoms with Gasteiger partial charge in [0.15, 0.2) is 5.11 Å². The van der Waals surface area contributed by atoms with Gasteiger partial charge in [-0.15, -0.1) is 11.3 Å². The molecule has 0 aliphatic carbocycles. The second kappa shape index (κ2) is 9.97. The molecule has 6 nitrogen and oxygen atoms in total. The normalized spacial score (nSPS) is 11.7. The van der Waals surface area contributed by atoms with Gasteiger partial charge in [0.05, 0.1) is 21.9 Å². The maximum absolute atomic E-state index is 12.5. The molecule has 4 aromatic rings. The first kappa shape index (κ1) is 22.7. The molecule has 0 bridgehead atoms. The fraction of sp³-hybridized carbons (Fsp3) is 0.160. The zero-order valence-electron chi connectivity index (χ0n) is 18.2. The van der Waals surface area contributed by atoms with Gasteiger partial charge in [0.1, 0.15) is 16.5 Å². The lowest BCUT2D eigenvalue weighted by atomic mass is 10.2. The molecule has 1 aromatic heterocycles. The number of fused-ring (bicyclic) bond motifs is 1. The average molecular weight is 478 g/mol. The number of ether oxygens (including phenoxy) is 1. The number of nitrogens with one attached hydrogen (secondary N) is 2. The van der Waals surface area contributed by atoms with E-state index in [1.807, 2.05) is 31.2 Å². The Labute approximate surface area is 201 Å². The summed E-state index contributed by atoms with van der Waals surface area (Å²) in [6.45, 7) is 4.05. The summed E-state index contributed by atoms with van der Waals surface area (Å²) in [6.07, 6.45) is 1.01. The number of hydrogen-bond donors (Lipinski definition) is 3. The van der Waals surface area contributed by atoms with Crippen molar-refractivity contribution < 1.29 is 14.6 Å². The van der Waals surface area contributed by atoms with Crippen LogP contribution in [0.1, 0.15) is 30.6 Å². The lowest BCUT2D eigenvalue weighted by Gasteiger charge is -2.13. The smallest absolute Gasteiger partial charge is 0.257 e. The second-order valence-corrected chi connectivity index (χ2v) is 8.93. The number of thiazole rings is 1. The Hall–Kier alpha value is -3.49. The highest BCUT2D eigenvalue weighted by Crippen LogP contribution is 2.36. The minimum absolute atomic E-state index is 0.111. The molecule has 0 unspecified atom stereocenters. The van der Waals surface area contributed by atoms with E-state index < -0.39 is 0 Å². The van der Waals surface area contributed by atoms with Gasteiger partial charge in [-0.05, 0) is 80.2 Å². The van der Waals surface area contributed by atoms with Gasteiger partial charge in [0, 0.05) is 11.3 Å². The summed E-state index contributed by atoms with van der Waals surface area (Å²) in [4.78, 5) is 17.1. The number of rotatable bonds is 6. The number of amides is 1. The van der Waals surface area contributed by atoms with Crippen LogP contribution in [0, 0.1) is 0 Å². The standard InChI is InChI=1S/C25H23N3O3S2/c1-3-15(2)31-18-11-8-16(9-12-18)23(30)28-25(32)26-17-10-13-21(29)19(14-17)24-27-20-6-4-5-7-22(20)33-24/h4-15,29H,3H2,1-2H3,(H2,26,28,30,32)/t15-/m0/s1. The van der Waals surface area contributed by atoms with Crippen molar-refractivity contribution in [2.75, 3.05) is 5.32 Å². The van der Waals surface area contributed by atoms with Gasteiger partial charge in [-0.3, -0.25) is 10.1 Å². The zero-order chi connectivity index (χ0) is 23.4. The predicted octanol–water partition coefficient (Wildman–Crippen LogP) is 5.97. The van der Waals surface area contributed by atoms with Crippen LogP contribution in [0.4, 0.5) is 5.69 Å². The predicted molar refractivity (Wildman–Crippen MR) is 137 cm³/mol. The third kappa shape index (κ3) is 5.47. The number of aromatic nitrogens is 1. The van der Waals surface area contributed by atoms with E-state index in [0.29, 0.717) is 27.6 Å². The summed E-state index contributed by atoms with van der Waals surface area (Å²) < 4.78 is 6.78. The minimum Gasteiger partial charge on any atom is -0.507 e. The number of para-hydroxylation sites is 1. The molecule has 4 rings (SSSR count). The van der Waals surface area contributed by atoms with Crippen LogP contribution in [0.25, 0.3) is 20.8 Å². The third-order valence-electron chi connectivity index (χ3n) is 5.03. The SMILES string of the molecule is CC[C@H](C)Oc1ccc(C(=O)NC(=S)Nc2ccc(O)c(-c3nc4ccccc4s3)c2)cc1. The van der Waals surface area contributed by atoms with E-state index in [-0.39, 0.29) is 22.9 Å². The number of thiocarbonyl (C=S) groups is 1. The average Bonchev–Trinajstić information content (AvgIpc) is 3.24. The molecule has 168 valence electrons. The summed E-state index contributed by atoms with van der Waals surface area (Å²) >= 11 is 6.81. The van der Waals surface area contributed by atoms with Crippen molar-refractivity contribution in [3.63, 3.8) is 0 Å². The number of aromatic hydroxyl groups is 1. The molecule has 0 aliphatic rings. The summed E-state index contributed by atoms with van der Waals surface area (Å²) in [5, 5.41) is 16.9. The van der Waals surface area contributed by atoms with Gasteiger partial charge in [0.25, 0.3) is 5.91 Å². The molecule has 1 amide bonds. The van der Waals surface area contributed by atoms with Crippen LogP contribution in [0.2, 0.25) is 0 Å². The van der Waals surface area contributed by atoms with Gasteiger partial charge >= 0.3 is 0 Å². The number of benzene rings is 3. The Balaban J connectivity index is 1.43. The summed E-state index contributed by atoms with van der Waals surface area (Å²) in [7, 11) is 0. The van der Waals surface area contributed by atoms with E-state index >= 15 is 0 Å². The van der Waals surface area contributed by atoms with Crippen molar-refractivity contribution in [1.29, 1.82) is 0 Å². The van der Waals surface area contributed by atoms with Crippen molar-refractivity contribution in [3.05, 3.63) is 72.3 Å². The van der Waals surface area contributed by atoms with E-state index in [1.54, 1.807) is 42.5 Å². The molecule has 1 heterocycles. The molecular formula is C25H23N3O3S2. The first-order valence-corrected chi connectivity index (χ1v) is 11.7. The maximum atomic E-state index is 12.5. The van der Waals surface area contributed by atoms with Crippen molar-refractivity contribution in [2.24, 2.45) is 0 Å². The Morgan fingerprint density at radius 2 is 1.91 bits per heavy atom. The highest BCUT2D eigenvalue weighted by molar-refractivity contribution is 7.80. The highest BCUT2D eigenvalue weighted by atomic mass is 32.1. The molecule has 33 heavy (non-hydrogen) atoms. The van der Waals surface area contributed by atoms with Crippen LogP contribution >= 0.6 is 23.6 Å². The maximum Gasteiger partial charge on any atom is 0.257 e. The molecule has 0 aliphatic heterocycles. The molecule has 1 atom stereocenters. The molecule has 0 radical (unpaired) electrons. The number of phenols is 1. The lowest BCUT2D eigenvalue weighted by molar-refractivity contribution is 0.0977. The van der Waals surface area contributed by atoms with Crippen molar-refractivity contribution in [3.8, 4) is 22.1 Å². The van der Waals surface area contributed by atoms with Gasteiger partial charge in [-0.2, -0.15) is 0 Å². The van der Waals surface area contributed by atoms with Crippen molar-refractivity contribution in [2.45, 2.75) is 26.4 Å². The first-order chi connectivity index (χ1) is 15.9. The fourth-order valence-electron chi connectivity index (χ4n) is 3.11.